The van der Waals surface area contributed by atoms with Crippen molar-refractivity contribution in [3.63, 3.8) is 0 Å². The van der Waals surface area contributed by atoms with Gasteiger partial charge in [0.05, 0.1) is 12.7 Å². The molecule has 2 aromatic rings. The van der Waals surface area contributed by atoms with Gasteiger partial charge in [-0.3, -0.25) is 24.1 Å². The minimum atomic E-state index is -0.989. The van der Waals surface area contributed by atoms with Crippen molar-refractivity contribution in [2.75, 3.05) is 47.4 Å². The van der Waals surface area contributed by atoms with Gasteiger partial charge in [-0.15, -0.1) is 6.58 Å². The Bertz CT molecular complexity index is 2030. The normalized spacial score (nSPS) is 23.2. The lowest BCUT2D eigenvalue weighted by molar-refractivity contribution is -0.138. The number of Topliss-reactive ketones (excluding diaryl/α,β-unsaturated/α-hetero) is 2. The number of aliphatic carboxylic acids is 1. The van der Waals surface area contributed by atoms with Crippen molar-refractivity contribution >= 4 is 35.5 Å². The molecule has 2 fully saturated rings. The molecule has 2 amide bonds. The van der Waals surface area contributed by atoms with Gasteiger partial charge in [0.2, 0.25) is 11.6 Å². The highest BCUT2D eigenvalue weighted by Gasteiger charge is 2.66. The van der Waals surface area contributed by atoms with Crippen LogP contribution in [-0.4, -0.2) is 119 Å². The summed E-state index contributed by atoms with van der Waals surface area (Å²) < 4.78 is 24.7. The van der Waals surface area contributed by atoms with Crippen LogP contribution in [0.4, 0.5) is 9.59 Å². The lowest BCUT2D eigenvalue weighted by Crippen LogP contribution is -2.66. The summed E-state index contributed by atoms with van der Waals surface area (Å²) in [5.41, 5.74) is 2.65. The van der Waals surface area contributed by atoms with Crippen LogP contribution in [0.1, 0.15) is 75.3 Å². The van der Waals surface area contributed by atoms with E-state index in [0.29, 0.717) is 23.4 Å². The number of methoxy groups -OCH3 is 1. The molecular weight excluding hydrogens is 712 g/mol. The van der Waals surface area contributed by atoms with Crippen LogP contribution >= 0.6 is 0 Å². The highest BCUT2D eigenvalue weighted by atomic mass is 16.6. The molecule has 4 atom stereocenters. The standard InChI is InChI=1S/C40H46N4O11/c1-6-14-43-16-13-40-25-10-11-27(45)37(40)55-36-29(12-9-23(33(36)40)19-26(25)43)54-39(51)42(4)18-17-41(3)38(50)53-21-24-22(2)44(15-7-8-31(47)48)34-28(46)20-30(52-5)35(49)32(24)34/h6,9,12,20,25-26,37H,1,7-8,10-11,13-19,21H2,2-5H3,(H,47,48)/t25-,26+,37-,40-/m0/s1. The van der Waals surface area contributed by atoms with Gasteiger partial charge in [0.15, 0.2) is 29.1 Å². The van der Waals surface area contributed by atoms with E-state index in [4.69, 9.17) is 24.1 Å². The van der Waals surface area contributed by atoms with E-state index in [-0.39, 0.29) is 79.6 Å². The second-order valence-corrected chi connectivity index (χ2v) is 15.0. The largest absolute Gasteiger partial charge is 0.492 e. The van der Waals surface area contributed by atoms with Crippen LogP contribution in [0, 0.1) is 12.8 Å². The number of carboxylic acids is 1. The molecule has 1 aromatic carbocycles. The van der Waals surface area contributed by atoms with Crippen molar-refractivity contribution in [1.82, 2.24) is 19.3 Å². The molecular formula is C40H46N4O11. The second-order valence-electron chi connectivity index (χ2n) is 15.0. The van der Waals surface area contributed by atoms with Crippen LogP contribution in [0.5, 0.6) is 11.5 Å². The minimum Gasteiger partial charge on any atom is -0.492 e. The zero-order chi connectivity index (χ0) is 39.3. The maximum Gasteiger partial charge on any atom is 0.415 e. The quantitative estimate of drug-likeness (QED) is 0.291. The molecule has 1 aromatic heterocycles. The van der Waals surface area contributed by atoms with Gasteiger partial charge in [-0.25, -0.2) is 9.59 Å². The van der Waals surface area contributed by atoms with Crippen molar-refractivity contribution in [2.45, 2.75) is 76.2 Å². The molecule has 2 aliphatic heterocycles. The number of benzene rings is 1. The van der Waals surface area contributed by atoms with Crippen LogP contribution in [0.25, 0.3) is 0 Å². The molecule has 0 unspecified atom stereocenters. The number of rotatable bonds is 13. The van der Waals surface area contributed by atoms with E-state index >= 15 is 0 Å². The maximum absolute atomic E-state index is 13.4. The minimum absolute atomic E-state index is 0.0568. The first-order valence-electron chi connectivity index (χ1n) is 18.6. The van der Waals surface area contributed by atoms with Gasteiger partial charge in [0.25, 0.3) is 0 Å². The molecule has 15 nitrogen and oxygen atoms in total. The topological polar surface area (TPSA) is 174 Å². The number of ether oxygens (including phenoxy) is 4. The highest BCUT2D eigenvalue weighted by Crippen LogP contribution is 2.63. The summed E-state index contributed by atoms with van der Waals surface area (Å²) in [6, 6.07) is 4.00. The van der Waals surface area contributed by atoms with Crippen LogP contribution in [0.15, 0.2) is 36.6 Å². The van der Waals surface area contributed by atoms with Gasteiger partial charge in [0.1, 0.15) is 12.3 Å². The average Bonchev–Trinajstić information content (AvgIpc) is 3.66. The number of allylic oxidation sites excluding steroid dienone is 2. The average molecular weight is 759 g/mol. The summed E-state index contributed by atoms with van der Waals surface area (Å²) >= 11 is 0. The SMILES string of the molecule is C=CCN1CC[C@]23c4c5ccc(OC(=O)N(C)CCN(C)C(=O)OCc6c7c(n(CCCC(=O)O)c6C)C(=O)C=C(OC)C7=O)c4O[C@H]2C(=O)CC[C@H]3[C@H]1C5. The van der Waals surface area contributed by atoms with Crippen LogP contribution < -0.4 is 9.47 Å². The Hall–Kier alpha value is -5.44. The Morgan fingerprint density at radius 2 is 1.87 bits per heavy atom. The Labute approximate surface area is 318 Å². The van der Waals surface area contributed by atoms with Gasteiger partial charge in [0, 0.05) is 87.5 Å². The monoisotopic (exact) mass is 758 g/mol. The van der Waals surface area contributed by atoms with Crippen LogP contribution in [0.3, 0.4) is 0 Å². The molecule has 5 aliphatic rings. The lowest BCUT2D eigenvalue weighted by atomic mass is 9.51. The van der Waals surface area contributed by atoms with Crippen LogP contribution in [0.2, 0.25) is 0 Å². The first-order valence-corrected chi connectivity index (χ1v) is 18.6. The number of carbonyl (C=O) groups is 6. The molecule has 1 saturated heterocycles. The van der Waals surface area contributed by atoms with Crippen molar-refractivity contribution in [1.29, 1.82) is 0 Å². The van der Waals surface area contributed by atoms with E-state index < -0.39 is 41.2 Å². The Morgan fingerprint density at radius 1 is 1.13 bits per heavy atom. The first kappa shape index (κ1) is 37.9. The fourth-order valence-electron chi connectivity index (χ4n) is 9.43. The number of fused-ring (bicyclic) bond motifs is 1. The molecule has 3 heterocycles. The van der Waals surface area contributed by atoms with E-state index in [2.05, 4.69) is 11.5 Å². The number of hydrogen-bond acceptors (Lipinski definition) is 11. The number of ketones is 3. The third-order valence-corrected chi connectivity index (χ3v) is 12.1. The van der Waals surface area contributed by atoms with Crippen molar-refractivity contribution in [3.05, 3.63) is 70.3 Å². The fourth-order valence-corrected chi connectivity index (χ4v) is 9.43. The first-order chi connectivity index (χ1) is 26.3. The van der Waals surface area contributed by atoms with E-state index in [1.54, 1.807) is 24.6 Å². The molecule has 0 radical (unpaired) electrons. The zero-order valence-corrected chi connectivity index (χ0v) is 31.6. The van der Waals surface area contributed by atoms with Gasteiger partial charge in [-0.1, -0.05) is 12.1 Å². The molecule has 2 bridgehead atoms. The number of likely N-dealkylation sites (tertiary alicyclic amines) is 1. The van der Waals surface area contributed by atoms with Gasteiger partial charge in [-0.05, 0) is 56.7 Å². The predicted molar refractivity (Wildman–Crippen MR) is 195 cm³/mol. The molecule has 1 saturated carbocycles. The number of aromatic nitrogens is 1. The van der Waals surface area contributed by atoms with E-state index in [1.165, 1.54) is 24.0 Å². The summed E-state index contributed by atoms with van der Waals surface area (Å²) in [7, 11) is 4.33. The molecule has 55 heavy (non-hydrogen) atoms. The Balaban J connectivity index is 1.00. The molecule has 1 N–H and O–H groups in total. The summed E-state index contributed by atoms with van der Waals surface area (Å²) in [5, 5.41) is 9.11. The van der Waals surface area contributed by atoms with Gasteiger partial charge in [-0.2, -0.15) is 0 Å². The summed E-state index contributed by atoms with van der Waals surface area (Å²) in [4.78, 5) is 82.4. The van der Waals surface area contributed by atoms with E-state index in [1.807, 2.05) is 12.1 Å². The zero-order valence-electron chi connectivity index (χ0n) is 31.6. The van der Waals surface area contributed by atoms with Crippen molar-refractivity contribution < 1.29 is 52.8 Å². The van der Waals surface area contributed by atoms with Crippen molar-refractivity contribution in [3.8, 4) is 11.5 Å². The van der Waals surface area contributed by atoms with E-state index in [9.17, 15) is 28.8 Å². The summed E-state index contributed by atoms with van der Waals surface area (Å²) in [6.07, 6.45) is 3.96. The maximum atomic E-state index is 13.4. The van der Waals surface area contributed by atoms with Gasteiger partial charge < -0.3 is 38.4 Å². The number of hydrogen-bond donors (Lipinski definition) is 1. The Kier molecular flexibility index (Phi) is 10.1. The van der Waals surface area contributed by atoms with Gasteiger partial charge >= 0.3 is 18.2 Å². The summed E-state index contributed by atoms with van der Waals surface area (Å²) in [5.74, 6) is -1.08. The molecule has 3 aliphatic carbocycles. The third kappa shape index (κ3) is 6.27. The number of carbonyl (C=O) groups excluding carboxylic acids is 5. The fraction of sp³-hybridized carbons (Fsp3) is 0.500. The summed E-state index contributed by atoms with van der Waals surface area (Å²) in [6.45, 7) is 7.23. The third-order valence-electron chi connectivity index (χ3n) is 12.1. The Morgan fingerprint density at radius 3 is 2.58 bits per heavy atom. The molecule has 7 rings (SSSR count). The smallest absolute Gasteiger partial charge is 0.415 e. The molecule has 292 valence electrons. The number of likely N-dealkylation sites (N-methyl/N-ethyl adjacent to an activating group) is 2. The number of nitrogens with zero attached hydrogens (tertiary/aromatic N) is 4. The number of carboxylic acid groups (broad SMARTS) is 1. The molecule has 15 heteroatoms. The van der Waals surface area contributed by atoms with Crippen LogP contribution in [-0.2, 0) is 44.1 Å². The van der Waals surface area contributed by atoms with E-state index in [0.717, 1.165) is 49.6 Å². The number of amides is 2. The second kappa shape index (κ2) is 14.7. The molecule has 1 spiro atoms. The lowest BCUT2D eigenvalue weighted by Gasteiger charge is -2.57. The predicted octanol–water partition coefficient (Wildman–Crippen LogP) is 4.06. The number of piperidine rings is 1. The van der Waals surface area contributed by atoms with Crippen molar-refractivity contribution in [2.24, 2.45) is 5.92 Å². The highest BCUT2D eigenvalue weighted by molar-refractivity contribution is 6.24.